The Kier molecular flexibility index (Phi) is 5.21. The van der Waals surface area contributed by atoms with E-state index in [0.29, 0.717) is 16.9 Å². The summed E-state index contributed by atoms with van der Waals surface area (Å²) >= 11 is 0. The number of nitriles is 2. The van der Waals surface area contributed by atoms with Crippen LogP contribution in [0.2, 0.25) is 0 Å². The van der Waals surface area contributed by atoms with Crippen LogP contribution >= 0.6 is 0 Å². The van der Waals surface area contributed by atoms with Crippen molar-refractivity contribution in [3.8, 4) is 12.1 Å². The largest absolute Gasteiger partial charge is 0.395 e. The van der Waals surface area contributed by atoms with Crippen LogP contribution in [0.3, 0.4) is 0 Å². The Morgan fingerprint density at radius 2 is 1.55 bits per heavy atom. The van der Waals surface area contributed by atoms with Crippen molar-refractivity contribution in [1.29, 1.82) is 10.5 Å². The van der Waals surface area contributed by atoms with Crippen LogP contribution < -0.4 is 4.90 Å². The van der Waals surface area contributed by atoms with Crippen LogP contribution in [0.5, 0.6) is 0 Å². The molecule has 7 heteroatoms. The summed E-state index contributed by atoms with van der Waals surface area (Å²) in [5, 5.41) is 36.7. The molecule has 0 aliphatic carbocycles. The van der Waals surface area contributed by atoms with Crippen LogP contribution in [0.25, 0.3) is 11.0 Å². The molecule has 0 aliphatic heterocycles. The second-order valence-electron chi connectivity index (χ2n) is 4.55. The Hall–Kier alpha value is -2.74. The average molecular weight is 297 g/mol. The topological polar surface area (TPSA) is 117 Å². The Labute approximate surface area is 127 Å². The summed E-state index contributed by atoms with van der Waals surface area (Å²) in [6, 6.07) is 10.9. The Bertz CT molecular complexity index is 715. The first-order chi connectivity index (χ1) is 10.7. The summed E-state index contributed by atoms with van der Waals surface area (Å²) in [6.07, 6.45) is 0. The summed E-state index contributed by atoms with van der Waals surface area (Å²) in [5.41, 5.74) is 1.45. The molecule has 0 spiro atoms. The van der Waals surface area contributed by atoms with E-state index in [-0.39, 0.29) is 32.0 Å². The molecule has 0 saturated carbocycles. The average Bonchev–Trinajstić information content (AvgIpc) is 2.55. The fourth-order valence-corrected chi connectivity index (χ4v) is 2.15. The predicted octanol–water partition coefficient (Wildman–Crippen LogP) is 0.552. The molecule has 2 aromatic rings. The fraction of sp³-hybridized carbons (Fsp3) is 0.333. The number of fused-ring (bicyclic) bond motifs is 1. The highest BCUT2D eigenvalue weighted by Gasteiger charge is 2.22. The van der Waals surface area contributed by atoms with Crippen molar-refractivity contribution in [2.24, 2.45) is 0 Å². The van der Waals surface area contributed by atoms with Gasteiger partial charge in [-0.2, -0.15) is 10.5 Å². The first-order valence-electron chi connectivity index (χ1n) is 6.77. The molecule has 22 heavy (non-hydrogen) atoms. The van der Waals surface area contributed by atoms with E-state index < -0.39 is 5.92 Å². The number of para-hydroxylation sites is 2. The smallest absolute Gasteiger partial charge is 0.178 e. The quantitative estimate of drug-likeness (QED) is 0.799. The zero-order valence-electron chi connectivity index (χ0n) is 11.8. The number of aliphatic hydroxyl groups excluding tert-OH is 2. The summed E-state index contributed by atoms with van der Waals surface area (Å²) in [7, 11) is 0. The van der Waals surface area contributed by atoms with Gasteiger partial charge in [0.1, 0.15) is 5.69 Å². The zero-order valence-corrected chi connectivity index (χ0v) is 11.8. The lowest BCUT2D eigenvalue weighted by atomic mass is 10.1. The van der Waals surface area contributed by atoms with Crippen molar-refractivity contribution >= 4 is 16.9 Å². The summed E-state index contributed by atoms with van der Waals surface area (Å²) < 4.78 is 0. The maximum Gasteiger partial charge on any atom is 0.178 e. The van der Waals surface area contributed by atoms with E-state index >= 15 is 0 Å². The minimum atomic E-state index is -1.06. The third-order valence-electron chi connectivity index (χ3n) is 3.15. The number of aromatic nitrogens is 2. The third kappa shape index (κ3) is 3.12. The van der Waals surface area contributed by atoms with Gasteiger partial charge in [0.05, 0.1) is 36.4 Å². The number of rotatable bonds is 6. The van der Waals surface area contributed by atoms with Crippen molar-refractivity contribution in [1.82, 2.24) is 9.97 Å². The normalized spacial score (nSPS) is 10.4. The number of anilines is 1. The number of nitrogens with zero attached hydrogens (tertiary/aromatic N) is 5. The second-order valence-corrected chi connectivity index (χ2v) is 4.55. The van der Waals surface area contributed by atoms with Crippen molar-refractivity contribution in [2.45, 2.75) is 5.92 Å². The van der Waals surface area contributed by atoms with Crippen molar-refractivity contribution in [2.75, 3.05) is 31.2 Å². The van der Waals surface area contributed by atoms with Gasteiger partial charge in [0, 0.05) is 13.1 Å². The molecule has 0 amide bonds. The standard InChI is InChI=1S/C15H15N5O2/c16-9-11(10-17)14-15(20(5-7-21)6-8-22)19-13-4-2-1-3-12(13)18-14/h1-4,11,21-22H,5-8H2. The van der Waals surface area contributed by atoms with Gasteiger partial charge in [-0.15, -0.1) is 0 Å². The molecule has 0 atom stereocenters. The minimum absolute atomic E-state index is 0.141. The van der Waals surface area contributed by atoms with E-state index in [1.165, 1.54) is 0 Å². The maximum absolute atomic E-state index is 9.18. The van der Waals surface area contributed by atoms with Gasteiger partial charge in [0.25, 0.3) is 0 Å². The van der Waals surface area contributed by atoms with E-state index in [1.807, 2.05) is 18.2 Å². The van der Waals surface area contributed by atoms with Crippen LogP contribution in [-0.2, 0) is 0 Å². The number of aliphatic hydroxyl groups is 2. The fourth-order valence-electron chi connectivity index (χ4n) is 2.15. The lowest BCUT2D eigenvalue weighted by Gasteiger charge is -2.24. The summed E-state index contributed by atoms with van der Waals surface area (Å²) in [4.78, 5) is 10.5. The number of hydrogen-bond acceptors (Lipinski definition) is 7. The van der Waals surface area contributed by atoms with Gasteiger partial charge >= 0.3 is 0 Å². The summed E-state index contributed by atoms with van der Waals surface area (Å²) in [5.74, 6) is -0.720. The van der Waals surface area contributed by atoms with Crippen molar-refractivity contribution in [3.05, 3.63) is 30.0 Å². The van der Waals surface area contributed by atoms with E-state index in [4.69, 9.17) is 10.5 Å². The van der Waals surface area contributed by atoms with E-state index in [1.54, 1.807) is 23.1 Å². The van der Waals surface area contributed by atoms with Crippen molar-refractivity contribution < 1.29 is 10.2 Å². The van der Waals surface area contributed by atoms with Gasteiger partial charge in [-0.25, -0.2) is 9.97 Å². The second kappa shape index (κ2) is 7.32. The van der Waals surface area contributed by atoms with Gasteiger partial charge in [-0.05, 0) is 12.1 Å². The van der Waals surface area contributed by atoms with E-state index in [9.17, 15) is 10.2 Å². The lowest BCUT2D eigenvalue weighted by molar-refractivity contribution is 0.280. The third-order valence-corrected chi connectivity index (χ3v) is 3.15. The van der Waals surface area contributed by atoms with Crippen LogP contribution in [0.15, 0.2) is 24.3 Å². The van der Waals surface area contributed by atoms with Crippen LogP contribution in [0.4, 0.5) is 5.82 Å². The van der Waals surface area contributed by atoms with Gasteiger partial charge < -0.3 is 15.1 Å². The minimum Gasteiger partial charge on any atom is -0.395 e. The lowest BCUT2D eigenvalue weighted by Crippen LogP contribution is -2.32. The Morgan fingerprint density at radius 1 is 1.00 bits per heavy atom. The van der Waals surface area contributed by atoms with Crippen molar-refractivity contribution in [3.63, 3.8) is 0 Å². The van der Waals surface area contributed by atoms with Gasteiger partial charge in [0.2, 0.25) is 0 Å². The molecule has 1 aromatic carbocycles. The molecule has 2 N–H and O–H groups in total. The summed E-state index contributed by atoms with van der Waals surface area (Å²) in [6.45, 7) is 0.170. The van der Waals surface area contributed by atoms with Crippen LogP contribution in [-0.4, -0.2) is 46.5 Å². The zero-order chi connectivity index (χ0) is 15.9. The highest BCUT2D eigenvalue weighted by molar-refractivity contribution is 5.77. The van der Waals surface area contributed by atoms with Gasteiger partial charge in [-0.1, -0.05) is 12.1 Å². The molecule has 0 radical (unpaired) electrons. The van der Waals surface area contributed by atoms with Gasteiger partial charge in [0.15, 0.2) is 11.7 Å². The first-order valence-corrected chi connectivity index (χ1v) is 6.77. The molecule has 0 aliphatic rings. The first kappa shape index (κ1) is 15.6. The number of hydrogen-bond donors (Lipinski definition) is 2. The van der Waals surface area contributed by atoms with E-state index in [0.717, 1.165) is 0 Å². The molecule has 112 valence electrons. The molecule has 0 bridgehead atoms. The Balaban J connectivity index is 2.64. The Morgan fingerprint density at radius 3 is 2.05 bits per heavy atom. The molecular formula is C15H15N5O2. The molecule has 1 heterocycles. The SMILES string of the molecule is N#CC(C#N)c1nc2ccccc2nc1N(CCO)CCO. The monoisotopic (exact) mass is 297 g/mol. The molecule has 0 fully saturated rings. The molecule has 0 saturated heterocycles. The van der Waals surface area contributed by atoms with E-state index in [2.05, 4.69) is 9.97 Å². The molecule has 1 aromatic heterocycles. The maximum atomic E-state index is 9.18. The molecular weight excluding hydrogens is 282 g/mol. The molecule has 2 rings (SSSR count). The highest BCUT2D eigenvalue weighted by atomic mass is 16.3. The molecule has 0 unspecified atom stereocenters. The predicted molar refractivity (Wildman–Crippen MR) is 79.9 cm³/mol. The molecule has 7 nitrogen and oxygen atoms in total. The van der Waals surface area contributed by atoms with Gasteiger partial charge in [-0.3, -0.25) is 0 Å². The van der Waals surface area contributed by atoms with Crippen LogP contribution in [0, 0.1) is 22.7 Å². The van der Waals surface area contributed by atoms with Crippen LogP contribution in [0.1, 0.15) is 11.6 Å². The number of benzene rings is 1. The highest BCUT2D eigenvalue weighted by Crippen LogP contribution is 2.26.